The first-order valence-electron chi connectivity index (χ1n) is 6.56. The molecule has 1 spiro atoms. The quantitative estimate of drug-likeness (QED) is 0.739. The van der Waals surface area contributed by atoms with Crippen LogP contribution < -0.4 is 0 Å². The lowest BCUT2D eigenvalue weighted by Gasteiger charge is -2.31. The van der Waals surface area contributed by atoms with E-state index in [-0.39, 0.29) is 6.10 Å². The van der Waals surface area contributed by atoms with E-state index in [0.717, 1.165) is 31.2 Å². The van der Waals surface area contributed by atoms with Crippen molar-refractivity contribution in [1.29, 1.82) is 0 Å². The Labute approximate surface area is 102 Å². The molecule has 17 heavy (non-hydrogen) atoms. The number of hydrogen-bond acceptors (Lipinski definition) is 2. The molecule has 1 saturated heterocycles. The van der Waals surface area contributed by atoms with Crippen molar-refractivity contribution < 1.29 is 9.53 Å². The lowest BCUT2D eigenvalue weighted by molar-refractivity contribution is -0.137. The van der Waals surface area contributed by atoms with Crippen LogP contribution in [0.25, 0.3) is 0 Å². The molecule has 0 radical (unpaired) electrons. The standard InChI is InChI=1S/C15H18O2/c16-14-11-13(12-7-3-1-4-8-12)17-15(14)9-5-2-6-10-15/h1,3-4,7-8,13H,2,5-6,9-11H2. The molecule has 1 atom stereocenters. The minimum absolute atomic E-state index is 0.0122. The molecule has 1 unspecified atom stereocenters. The molecule has 1 saturated carbocycles. The molecule has 2 fully saturated rings. The van der Waals surface area contributed by atoms with Gasteiger partial charge in [-0.15, -0.1) is 0 Å². The van der Waals surface area contributed by atoms with Crippen LogP contribution in [0.1, 0.15) is 50.2 Å². The minimum Gasteiger partial charge on any atom is -0.359 e. The first kappa shape index (κ1) is 11.0. The molecule has 0 N–H and O–H groups in total. The fourth-order valence-electron chi connectivity index (χ4n) is 3.11. The van der Waals surface area contributed by atoms with Crippen LogP contribution in [-0.4, -0.2) is 11.4 Å². The van der Waals surface area contributed by atoms with Gasteiger partial charge in [0.25, 0.3) is 0 Å². The van der Waals surface area contributed by atoms with Crippen LogP contribution in [0, 0.1) is 0 Å². The highest BCUT2D eigenvalue weighted by Gasteiger charge is 2.48. The van der Waals surface area contributed by atoms with Crippen LogP contribution in [-0.2, 0) is 9.53 Å². The van der Waals surface area contributed by atoms with Crippen molar-refractivity contribution in [3.63, 3.8) is 0 Å². The van der Waals surface area contributed by atoms with Gasteiger partial charge < -0.3 is 4.74 Å². The summed E-state index contributed by atoms with van der Waals surface area (Å²) < 4.78 is 6.14. The van der Waals surface area contributed by atoms with Gasteiger partial charge in [-0.3, -0.25) is 4.79 Å². The van der Waals surface area contributed by atoms with Crippen molar-refractivity contribution in [3.05, 3.63) is 35.9 Å². The van der Waals surface area contributed by atoms with E-state index < -0.39 is 5.60 Å². The van der Waals surface area contributed by atoms with E-state index >= 15 is 0 Å². The van der Waals surface area contributed by atoms with Crippen molar-refractivity contribution in [3.8, 4) is 0 Å². The van der Waals surface area contributed by atoms with Gasteiger partial charge in [0.2, 0.25) is 0 Å². The molecule has 0 amide bonds. The Hall–Kier alpha value is -1.15. The number of carbonyl (C=O) groups is 1. The van der Waals surface area contributed by atoms with Gasteiger partial charge in [0, 0.05) is 6.42 Å². The molecule has 1 aliphatic carbocycles. The Bertz CT molecular complexity index is 404. The van der Waals surface area contributed by atoms with Crippen LogP contribution in [0.2, 0.25) is 0 Å². The van der Waals surface area contributed by atoms with Crippen molar-refractivity contribution in [2.75, 3.05) is 0 Å². The van der Waals surface area contributed by atoms with Gasteiger partial charge in [-0.05, 0) is 18.4 Å². The van der Waals surface area contributed by atoms with E-state index in [9.17, 15) is 4.79 Å². The van der Waals surface area contributed by atoms with Gasteiger partial charge >= 0.3 is 0 Å². The summed E-state index contributed by atoms with van der Waals surface area (Å²) in [6.07, 6.45) is 5.91. The largest absolute Gasteiger partial charge is 0.359 e. The Kier molecular flexibility index (Phi) is 2.75. The number of carbonyl (C=O) groups excluding carboxylic acids is 1. The predicted octanol–water partition coefficient (Wildman–Crippen LogP) is 3.42. The smallest absolute Gasteiger partial charge is 0.167 e. The van der Waals surface area contributed by atoms with E-state index in [4.69, 9.17) is 4.74 Å². The highest BCUT2D eigenvalue weighted by molar-refractivity contribution is 5.89. The second-order valence-electron chi connectivity index (χ2n) is 5.20. The van der Waals surface area contributed by atoms with E-state index in [0.29, 0.717) is 12.2 Å². The van der Waals surface area contributed by atoms with E-state index in [1.54, 1.807) is 0 Å². The third-order valence-electron chi connectivity index (χ3n) is 4.08. The average molecular weight is 230 g/mol. The fraction of sp³-hybridized carbons (Fsp3) is 0.533. The first-order chi connectivity index (χ1) is 8.30. The van der Waals surface area contributed by atoms with E-state index in [1.807, 2.05) is 18.2 Å². The van der Waals surface area contributed by atoms with Crippen molar-refractivity contribution in [1.82, 2.24) is 0 Å². The number of ether oxygens (including phenoxy) is 1. The lowest BCUT2D eigenvalue weighted by atomic mass is 9.82. The van der Waals surface area contributed by atoms with E-state index in [2.05, 4.69) is 12.1 Å². The highest BCUT2D eigenvalue weighted by Crippen LogP contribution is 2.44. The molecule has 2 aliphatic rings. The predicted molar refractivity (Wildman–Crippen MR) is 65.7 cm³/mol. The van der Waals surface area contributed by atoms with Gasteiger partial charge in [-0.1, -0.05) is 49.6 Å². The normalized spacial score (nSPS) is 27.5. The zero-order valence-electron chi connectivity index (χ0n) is 10.0. The topological polar surface area (TPSA) is 26.3 Å². The second kappa shape index (κ2) is 4.26. The number of benzene rings is 1. The van der Waals surface area contributed by atoms with Crippen LogP contribution in [0.5, 0.6) is 0 Å². The highest BCUT2D eigenvalue weighted by atomic mass is 16.5. The molecule has 1 heterocycles. The summed E-state index contributed by atoms with van der Waals surface area (Å²) >= 11 is 0. The summed E-state index contributed by atoms with van der Waals surface area (Å²) in [7, 11) is 0. The van der Waals surface area contributed by atoms with Crippen LogP contribution in [0.3, 0.4) is 0 Å². The van der Waals surface area contributed by atoms with Gasteiger partial charge in [-0.2, -0.15) is 0 Å². The third kappa shape index (κ3) is 1.91. The Morgan fingerprint density at radius 3 is 2.47 bits per heavy atom. The molecular formula is C15H18O2. The molecule has 2 heteroatoms. The Balaban J connectivity index is 1.82. The van der Waals surface area contributed by atoms with Crippen molar-refractivity contribution in [2.24, 2.45) is 0 Å². The molecule has 2 nitrogen and oxygen atoms in total. The summed E-state index contributed by atoms with van der Waals surface area (Å²) in [5.74, 6) is 0.325. The maximum absolute atomic E-state index is 12.2. The summed E-state index contributed by atoms with van der Waals surface area (Å²) in [5.41, 5.74) is 0.710. The molecular weight excluding hydrogens is 212 g/mol. The maximum atomic E-state index is 12.2. The average Bonchev–Trinajstić information content (AvgIpc) is 2.69. The van der Waals surface area contributed by atoms with Crippen LogP contribution in [0.4, 0.5) is 0 Å². The summed E-state index contributed by atoms with van der Waals surface area (Å²) in [6, 6.07) is 10.1. The van der Waals surface area contributed by atoms with Crippen LogP contribution in [0.15, 0.2) is 30.3 Å². The SMILES string of the molecule is O=C1CC(c2ccccc2)OC12CCCCC2. The summed E-state index contributed by atoms with van der Waals surface area (Å²) in [5, 5.41) is 0. The monoisotopic (exact) mass is 230 g/mol. The molecule has 1 aromatic rings. The van der Waals surface area contributed by atoms with Gasteiger partial charge in [0.15, 0.2) is 5.78 Å². The molecule has 0 bridgehead atoms. The Morgan fingerprint density at radius 1 is 1.06 bits per heavy atom. The second-order valence-corrected chi connectivity index (χ2v) is 5.20. The summed E-state index contributed by atoms with van der Waals surface area (Å²) in [6.45, 7) is 0. The minimum atomic E-state index is -0.432. The number of Topliss-reactive ketones (excluding diaryl/α,β-unsaturated/α-hetero) is 1. The lowest BCUT2D eigenvalue weighted by Crippen LogP contribution is -2.37. The van der Waals surface area contributed by atoms with Crippen molar-refractivity contribution in [2.45, 2.75) is 50.2 Å². The zero-order chi connectivity index (χ0) is 11.7. The van der Waals surface area contributed by atoms with Crippen LogP contribution >= 0.6 is 0 Å². The Morgan fingerprint density at radius 2 is 1.76 bits per heavy atom. The maximum Gasteiger partial charge on any atom is 0.167 e. The number of hydrogen-bond donors (Lipinski definition) is 0. The van der Waals surface area contributed by atoms with Gasteiger partial charge in [-0.25, -0.2) is 0 Å². The molecule has 90 valence electrons. The molecule has 3 rings (SSSR count). The summed E-state index contributed by atoms with van der Waals surface area (Å²) in [4.78, 5) is 12.2. The first-order valence-corrected chi connectivity index (χ1v) is 6.56. The molecule has 0 aromatic heterocycles. The number of rotatable bonds is 1. The van der Waals surface area contributed by atoms with E-state index in [1.165, 1.54) is 6.42 Å². The molecule has 1 aromatic carbocycles. The molecule has 1 aliphatic heterocycles. The van der Waals surface area contributed by atoms with Gasteiger partial charge in [0.1, 0.15) is 5.60 Å². The third-order valence-corrected chi connectivity index (χ3v) is 4.08. The van der Waals surface area contributed by atoms with Gasteiger partial charge in [0.05, 0.1) is 6.10 Å². The fourth-order valence-corrected chi connectivity index (χ4v) is 3.11. The zero-order valence-corrected chi connectivity index (χ0v) is 10.0. The number of ketones is 1. The van der Waals surface area contributed by atoms with Crippen molar-refractivity contribution >= 4 is 5.78 Å².